The zero-order valence-corrected chi connectivity index (χ0v) is 12.3. The highest BCUT2D eigenvalue weighted by molar-refractivity contribution is 9.10. The minimum Gasteiger partial charge on any atom is -0.389 e. The first-order chi connectivity index (χ1) is 7.63. The quantitative estimate of drug-likeness (QED) is 0.890. The fourth-order valence-corrected chi connectivity index (χ4v) is 2.71. The van der Waals surface area contributed by atoms with Gasteiger partial charge in [-0.25, -0.2) is 13.1 Å². The Balaban J connectivity index is 2.94. The van der Waals surface area contributed by atoms with E-state index < -0.39 is 21.7 Å². The van der Waals surface area contributed by atoms with Crippen LogP contribution in [0.2, 0.25) is 0 Å². The third-order valence-electron chi connectivity index (χ3n) is 2.52. The number of nitrogens with one attached hydrogen (secondary N) is 1. The Bertz CT molecular complexity index is 476. The summed E-state index contributed by atoms with van der Waals surface area (Å²) in [5, 5.41) is 9.71. The van der Waals surface area contributed by atoms with E-state index in [1.54, 1.807) is 32.9 Å². The predicted octanol–water partition coefficient (Wildman–Crippen LogP) is 1.89. The molecule has 4 nitrogen and oxygen atoms in total. The van der Waals surface area contributed by atoms with E-state index in [-0.39, 0.29) is 4.90 Å². The molecule has 0 amide bonds. The number of benzene rings is 1. The third kappa shape index (κ3) is 4.06. The molecule has 0 saturated heterocycles. The fraction of sp³-hybridized carbons (Fsp3) is 0.455. The molecule has 96 valence electrons. The van der Waals surface area contributed by atoms with Crippen molar-refractivity contribution in [2.75, 3.05) is 0 Å². The molecular formula is C11H16BrNO3S. The van der Waals surface area contributed by atoms with Crippen LogP contribution in [-0.2, 0) is 10.0 Å². The number of rotatable bonds is 4. The molecule has 0 fully saturated rings. The number of hydrogen-bond donors (Lipinski definition) is 2. The second-order valence-corrected chi connectivity index (χ2v) is 7.08. The normalized spacial score (nSPS) is 14.6. The maximum Gasteiger partial charge on any atom is 0.240 e. The van der Waals surface area contributed by atoms with Gasteiger partial charge in [-0.2, -0.15) is 0 Å². The highest BCUT2D eigenvalue weighted by Crippen LogP contribution is 2.16. The van der Waals surface area contributed by atoms with Gasteiger partial charge in [-0.05, 0) is 45.0 Å². The molecule has 0 bridgehead atoms. The van der Waals surface area contributed by atoms with E-state index in [4.69, 9.17) is 0 Å². The molecule has 1 aromatic carbocycles. The lowest BCUT2D eigenvalue weighted by Gasteiger charge is -2.26. The highest BCUT2D eigenvalue weighted by atomic mass is 79.9. The van der Waals surface area contributed by atoms with Crippen molar-refractivity contribution >= 4 is 26.0 Å². The van der Waals surface area contributed by atoms with Gasteiger partial charge in [0.1, 0.15) is 0 Å². The Morgan fingerprint density at radius 1 is 1.29 bits per heavy atom. The SMILES string of the molecule is CC(NS(=O)(=O)c1ccc(Br)cc1)C(C)(C)O. The molecule has 17 heavy (non-hydrogen) atoms. The van der Waals surface area contributed by atoms with Crippen LogP contribution in [0.25, 0.3) is 0 Å². The number of hydrogen-bond acceptors (Lipinski definition) is 3. The number of halogens is 1. The van der Waals surface area contributed by atoms with Crippen LogP contribution in [0.3, 0.4) is 0 Å². The Kier molecular flexibility index (Phi) is 4.35. The van der Waals surface area contributed by atoms with Gasteiger partial charge in [0.05, 0.1) is 10.5 Å². The molecule has 2 N–H and O–H groups in total. The van der Waals surface area contributed by atoms with Crippen LogP contribution in [0, 0.1) is 0 Å². The Labute approximate surface area is 110 Å². The summed E-state index contributed by atoms with van der Waals surface area (Å²) in [5.41, 5.74) is -1.11. The molecule has 1 atom stereocenters. The van der Waals surface area contributed by atoms with Crippen molar-refractivity contribution in [1.29, 1.82) is 0 Å². The Hall–Kier alpha value is -0.430. The summed E-state index contributed by atoms with van der Waals surface area (Å²) >= 11 is 3.24. The topological polar surface area (TPSA) is 66.4 Å². The zero-order valence-electron chi connectivity index (χ0n) is 9.94. The zero-order chi connectivity index (χ0) is 13.3. The van der Waals surface area contributed by atoms with E-state index in [9.17, 15) is 13.5 Å². The smallest absolute Gasteiger partial charge is 0.240 e. The predicted molar refractivity (Wildman–Crippen MR) is 70.2 cm³/mol. The summed E-state index contributed by atoms with van der Waals surface area (Å²) in [6.45, 7) is 4.74. The van der Waals surface area contributed by atoms with Gasteiger partial charge in [-0.1, -0.05) is 15.9 Å². The van der Waals surface area contributed by atoms with Crippen molar-refractivity contribution < 1.29 is 13.5 Å². The van der Waals surface area contributed by atoms with E-state index in [2.05, 4.69) is 20.7 Å². The van der Waals surface area contributed by atoms with Gasteiger partial charge in [0, 0.05) is 10.5 Å². The molecule has 1 rings (SSSR count). The summed E-state index contributed by atoms with van der Waals surface area (Å²) in [6, 6.07) is 5.75. The maximum absolute atomic E-state index is 12.0. The Morgan fingerprint density at radius 3 is 2.18 bits per heavy atom. The fourth-order valence-electron chi connectivity index (χ4n) is 1.06. The average Bonchev–Trinajstić information content (AvgIpc) is 2.16. The third-order valence-corrected chi connectivity index (χ3v) is 4.60. The van der Waals surface area contributed by atoms with Crippen molar-refractivity contribution in [3.63, 3.8) is 0 Å². The first-order valence-corrected chi connectivity index (χ1v) is 7.41. The van der Waals surface area contributed by atoms with Crippen LogP contribution in [0.15, 0.2) is 33.6 Å². The summed E-state index contributed by atoms with van der Waals surface area (Å²) < 4.78 is 27.2. The van der Waals surface area contributed by atoms with E-state index in [0.717, 1.165) is 4.47 Å². The first kappa shape index (κ1) is 14.6. The van der Waals surface area contributed by atoms with Crippen molar-refractivity contribution in [2.45, 2.75) is 37.3 Å². The van der Waals surface area contributed by atoms with Crippen LogP contribution in [0.4, 0.5) is 0 Å². The van der Waals surface area contributed by atoms with Gasteiger partial charge in [0.2, 0.25) is 10.0 Å². The average molecular weight is 322 g/mol. The van der Waals surface area contributed by atoms with Crippen molar-refractivity contribution in [1.82, 2.24) is 4.72 Å². The van der Waals surface area contributed by atoms with Gasteiger partial charge in [0.25, 0.3) is 0 Å². The van der Waals surface area contributed by atoms with Gasteiger partial charge in [0.15, 0.2) is 0 Å². The van der Waals surface area contributed by atoms with Crippen LogP contribution in [0.1, 0.15) is 20.8 Å². The standard InChI is InChI=1S/C11H16BrNO3S/c1-8(11(2,3)14)13-17(15,16)10-6-4-9(12)5-7-10/h4-8,13-14H,1-3H3. The molecule has 0 aliphatic heterocycles. The summed E-state index contributed by atoms with van der Waals surface area (Å²) in [4.78, 5) is 0.178. The molecular weight excluding hydrogens is 306 g/mol. The van der Waals surface area contributed by atoms with E-state index in [1.807, 2.05) is 0 Å². The summed E-state index contributed by atoms with van der Waals surface area (Å²) in [5.74, 6) is 0. The lowest BCUT2D eigenvalue weighted by molar-refractivity contribution is 0.0524. The van der Waals surface area contributed by atoms with Gasteiger partial charge in [-0.15, -0.1) is 0 Å². The van der Waals surface area contributed by atoms with Crippen LogP contribution in [0.5, 0.6) is 0 Å². The van der Waals surface area contributed by atoms with Crippen LogP contribution >= 0.6 is 15.9 Å². The maximum atomic E-state index is 12.0. The van der Waals surface area contributed by atoms with E-state index in [1.165, 1.54) is 12.1 Å². The molecule has 0 heterocycles. The molecule has 0 radical (unpaired) electrons. The largest absolute Gasteiger partial charge is 0.389 e. The molecule has 0 aliphatic carbocycles. The minimum atomic E-state index is -3.59. The first-order valence-electron chi connectivity index (χ1n) is 5.13. The molecule has 0 aliphatic rings. The van der Waals surface area contributed by atoms with Crippen LogP contribution in [-0.4, -0.2) is 25.2 Å². The van der Waals surface area contributed by atoms with E-state index in [0.29, 0.717) is 0 Å². The summed E-state index contributed by atoms with van der Waals surface area (Å²) in [6.07, 6.45) is 0. The van der Waals surface area contributed by atoms with Gasteiger partial charge in [-0.3, -0.25) is 0 Å². The second kappa shape index (κ2) is 5.06. The lowest BCUT2D eigenvalue weighted by Crippen LogP contribution is -2.47. The van der Waals surface area contributed by atoms with Crippen molar-refractivity contribution in [3.8, 4) is 0 Å². The monoisotopic (exact) mass is 321 g/mol. The van der Waals surface area contributed by atoms with E-state index >= 15 is 0 Å². The number of aliphatic hydroxyl groups is 1. The lowest BCUT2D eigenvalue weighted by atomic mass is 10.0. The Morgan fingerprint density at radius 2 is 1.76 bits per heavy atom. The van der Waals surface area contributed by atoms with Crippen LogP contribution < -0.4 is 4.72 Å². The molecule has 0 spiro atoms. The molecule has 0 aromatic heterocycles. The highest BCUT2D eigenvalue weighted by Gasteiger charge is 2.27. The molecule has 1 aromatic rings. The van der Waals surface area contributed by atoms with Gasteiger partial charge < -0.3 is 5.11 Å². The van der Waals surface area contributed by atoms with Crippen molar-refractivity contribution in [3.05, 3.63) is 28.7 Å². The molecule has 1 unspecified atom stereocenters. The molecule has 0 saturated carbocycles. The second-order valence-electron chi connectivity index (χ2n) is 4.45. The minimum absolute atomic E-state index is 0.178. The number of sulfonamides is 1. The summed E-state index contributed by atoms with van der Waals surface area (Å²) in [7, 11) is -3.59. The van der Waals surface area contributed by atoms with Crippen molar-refractivity contribution in [2.24, 2.45) is 0 Å². The van der Waals surface area contributed by atoms with Gasteiger partial charge >= 0.3 is 0 Å². The molecule has 6 heteroatoms.